The fourth-order valence-corrected chi connectivity index (χ4v) is 2.17. The number of halogens is 1. The molecule has 0 aliphatic carbocycles. The quantitative estimate of drug-likeness (QED) is 0.791. The van der Waals surface area contributed by atoms with Gasteiger partial charge >= 0.3 is 0 Å². The third-order valence-electron chi connectivity index (χ3n) is 3.46. The monoisotopic (exact) mass is 354 g/mol. The summed E-state index contributed by atoms with van der Waals surface area (Å²) in [6.07, 6.45) is 1.48. The van der Waals surface area contributed by atoms with Crippen molar-refractivity contribution in [2.45, 2.75) is 38.8 Å². The summed E-state index contributed by atoms with van der Waals surface area (Å²) in [6.45, 7) is 3.75. The standard InChI is InChI=1S/C16H22N4O3.ClH/c1-4-7-12(17)15(21)18-10(2)16-19-14(20-23-16)11-8-5-6-9-13(11)22-3;/h5-6,8-10,12H,4,7,17H2,1-3H3,(H,18,21);1H. The highest BCUT2D eigenvalue weighted by Crippen LogP contribution is 2.27. The van der Waals surface area contributed by atoms with Crippen LogP contribution in [0.4, 0.5) is 0 Å². The summed E-state index contributed by atoms with van der Waals surface area (Å²) in [5.41, 5.74) is 6.52. The number of nitrogens with zero attached hydrogens (tertiary/aromatic N) is 2. The molecule has 0 spiro atoms. The van der Waals surface area contributed by atoms with Gasteiger partial charge in [-0.3, -0.25) is 4.79 Å². The Labute approximate surface area is 147 Å². The van der Waals surface area contributed by atoms with Gasteiger partial charge in [0.05, 0.1) is 18.7 Å². The predicted molar refractivity (Wildman–Crippen MR) is 93.0 cm³/mol. The first-order valence-corrected chi connectivity index (χ1v) is 7.59. The van der Waals surface area contributed by atoms with Crippen molar-refractivity contribution < 1.29 is 14.1 Å². The van der Waals surface area contributed by atoms with Crippen molar-refractivity contribution in [2.24, 2.45) is 5.73 Å². The van der Waals surface area contributed by atoms with Crippen molar-refractivity contribution in [1.29, 1.82) is 0 Å². The molecular weight excluding hydrogens is 332 g/mol. The molecule has 0 bridgehead atoms. The second kappa shape index (κ2) is 9.24. The van der Waals surface area contributed by atoms with Gasteiger partial charge in [0.2, 0.25) is 17.6 Å². The number of nitrogens with one attached hydrogen (secondary N) is 1. The van der Waals surface area contributed by atoms with E-state index in [4.69, 9.17) is 15.0 Å². The van der Waals surface area contributed by atoms with Crippen LogP contribution in [-0.4, -0.2) is 29.2 Å². The van der Waals surface area contributed by atoms with Crippen LogP contribution in [0.3, 0.4) is 0 Å². The van der Waals surface area contributed by atoms with Crippen molar-refractivity contribution in [3.63, 3.8) is 0 Å². The summed E-state index contributed by atoms with van der Waals surface area (Å²) in [6, 6.07) is 6.44. The summed E-state index contributed by atoms with van der Waals surface area (Å²) in [5, 5.41) is 6.74. The molecular formula is C16H23ClN4O3. The van der Waals surface area contributed by atoms with E-state index >= 15 is 0 Å². The Kier molecular flexibility index (Phi) is 7.67. The van der Waals surface area contributed by atoms with Crippen molar-refractivity contribution in [1.82, 2.24) is 15.5 Å². The van der Waals surface area contributed by atoms with Gasteiger partial charge in [-0.1, -0.05) is 30.6 Å². The normalized spacial score (nSPS) is 12.8. The molecule has 0 fully saturated rings. The molecule has 24 heavy (non-hydrogen) atoms. The molecule has 2 atom stereocenters. The van der Waals surface area contributed by atoms with Crippen molar-refractivity contribution in [3.8, 4) is 17.1 Å². The molecule has 1 heterocycles. The molecule has 0 saturated heterocycles. The predicted octanol–water partition coefficient (Wildman–Crippen LogP) is 2.47. The first-order chi connectivity index (χ1) is 11.1. The number of hydrogen-bond acceptors (Lipinski definition) is 6. The van der Waals surface area contributed by atoms with Gasteiger partial charge in [0.1, 0.15) is 11.8 Å². The molecule has 0 aliphatic heterocycles. The Hall–Kier alpha value is -2.12. The maximum absolute atomic E-state index is 11.9. The third-order valence-corrected chi connectivity index (χ3v) is 3.46. The minimum absolute atomic E-state index is 0. The highest BCUT2D eigenvalue weighted by Gasteiger charge is 2.21. The number of carbonyl (C=O) groups excluding carboxylic acids is 1. The summed E-state index contributed by atoms with van der Waals surface area (Å²) in [7, 11) is 1.58. The number of benzene rings is 1. The third kappa shape index (κ3) is 4.69. The van der Waals surface area contributed by atoms with E-state index in [2.05, 4.69) is 15.5 Å². The molecule has 0 saturated carbocycles. The lowest BCUT2D eigenvalue weighted by atomic mass is 10.1. The van der Waals surface area contributed by atoms with E-state index in [1.54, 1.807) is 14.0 Å². The summed E-state index contributed by atoms with van der Waals surface area (Å²) < 4.78 is 10.5. The molecule has 132 valence electrons. The van der Waals surface area contributed by atoms with Gasteiger partial charge in [-0.05, 0) is 25.5 Å². The van der Waals surface area contributed by atoms with Crippen molar-refractivity contribution >= 4 is 18.3 Å². The van der Waals surface area contributed by atoms with Crippen LogP contribution < -0.4 is 15.8 Å². The number of nitrogens with two attached hydrogens (primary N) is 1. The zero-order chi connectivity index (χ0) is 16.8. The molecule has 0 aliphatic rings. The number of hydrogen-bond donors (Lipinski definition) is 2. The Bertz CT molecular complexity index is 662. The fraction of sp³-hybridized carbons (Fsp3) is 0.438. The summed E-state index contributed by atoms with van der Waals surface area (Å²) in [5.74, 6) is 1.16. The average Bonchev–Trinajstić information content (AvgIpc) is 3.04. The molecule has 1 amide bonds. The van der Waals surface area contributed by atoms with Crippen LogP contribution in [0.1, 0.15) is 38.6 Å². The number of para-hydroxylation sites is 1. The van der Waals surface area contributed by atoms with E-state index in [1.807, 2.05) is 31.2 Å². The van der Waals surface area contributed by atoms with Crippen LogP contribution in [0.15, 0.2) is 28.8 Å². The number of rotatable bonds is 7. The topological polar surface area (TPSA) is 103 Å². The van der Waals surface area contributed by atoms with Gasteiger partial charge in [-0.2, -0.15) is 4.98 Å². The molecule has 7 nitrogen and oxygen atoms in total. The molecule has 1 aromatic heterocycles. The minimum Gasteiger partial charge on any atom is -0.496 e. The van der Waals surface area contributed by atoms with Gasteiger partial charge in [0, 0.05) is 0 Å². The lowest BCUT2D eigenvalue weighted by Crippen LogP contribution is -2.41. The van der Waals surface area contributed by atoms with Crippen LogP contribution in [0.5, 0.6) is 5.75 Å². The van der Waals surface area contributed by atoms with Crippen LogP contribution in [-0.2, 0) is 4.79 Å². The smallest absolute Gasteiger partial charge is 0.249 e. The van der Waals surface area contributed by atoms with E-state index in [0.29, 0.717) is 23.9 Å². The van der Waals surface area contributed by atoms with Crippen LogP contribution >= 0.6 is 12.4 Å². The minimum atomic E-state index is -0.529. The lowest BCUT2D eigenvalue weighted by molar-refractivity contribution is -0.123. The van der Waals surface area contributed by atoms with E-state index in [-0.39, 0.29) is 18.3 Å². The zero-order valence-corrected chi connectivity index (χ0v) is 14.8. The van der Waals surface area contributed by atoms with Crippen LogP contribution in [0, 0.1) is 0 Å². The molecule has 3 N–H and O–H groups in total. The number of aromatic nitrogens is 2. The molecule has 8 heteroatoms. The van der Waals surface area contributed by atoms with E-state index < -0.39 is 12.1 Å². The first-order valence-electron chi connectivity index (χ1n) is 7.59. The highest BCUT2D eigenvalue weighted by molar-refractivity contribution is 5.85. The SMILES string of the molecule is CCCC(N)C(=O)NC(C)c1nc(-c2ccccc2OC)no1.Cl. The molecule has 2 unspecified atom stereocenters. The second-order valence-corrected chi connectivity index (χ2v) is 5.28. The second-order valence-electron chi connectivity index (χ2n) is 5.28. The fourth-order valence-electron chi connectivity index (χ4n) is 2.17. The molecule has 0 radical (unpaired) electrons. The van der Waals surface area contributed by atoms with E-state index in [1.165, 1.54) is 0 Å². The van der Waals surface area contributed by atoms with Crippen LogP contribution in [0.25, 0.3) is 11.4 Å². The summed E-state index contributed by atoms with van der Waals surface area (Å²) >= 11 is 0. The van der Waals surface area contributed by atoms with Gasteiger partial charge in [0.15, 0.2) is 0 Å². The van der Waals surface area contributed by atoms with Gasteiger partial charge < -0.3 is 20.3 Å². The molecule has 2 rings (SSSR count). The summed E-state index contributed by atoms with van der Waals surface area (Å²) in [4.78, 5) is 16.3. The zero-order valence-electron chi connectivity index (χ0n) is 14.0. The van der Waals surface area contributed by atoms with E-state index in [0.717, 1.165) is 12.0 Å². The van der Waals surface area contributed by atoms with Crippen molar-refractivity contribution in [2.75, 3.05) is 7.11 Å². The van der Waals surface area contributed by atoms with Gasteiger partial charge in [-0.15, -0.1) is 12.4 Å². The highest BCUT2D eigenvalue weighted by atomic mass is 35.5. The Morgan fingerprint density at radius 2 is 2.12 bits per heavy atom. The van der Waals surface area contributed by atoms with E-state index in [9.17, 15) is 4.79 Å². The number of amides is 1. The largest absolute Gasteiger partial charge is 0.496 e. The van der Waals surface area contributed by atoms with Crippen molar-refractivity contribution in [3.05, 3.63) is 30.2 Å². The average molecular weight is 355 g/mol. The number of methoxy groups -OCH3 is 1. The Morgan fingerprint density at radius 1 is 1.42 bits per heavy atom. The Morgan fingerprint density at radius 3 is 2.79 bits per heavy atom. The molecule has 2 aromatic rings. The maximum atomic E-state index is 11.9. The number of ether oxygens (including phenoxy) is 1. The van der Waals surface area contributed by atoms with Gasteiger partial charge in [-0.25, -0.2) is 0 Å². The van der Waals surface area contributed by atoms with Gasteiger partial charge in [0.25, 0.3) is 0 Å². The number of carbonyl (C=O) groups is 1. The lowest BCUT2D eigenvalue weighted by Gasteiger charge is -2.14. The maximum Gasteiger partial charge on any atom is 0.249 e. The first kappa shape index (κ1) is 19.9. The molecule has 1 aromatic carbocycles. The Balaban J connectivity index is 0.00000288. The van der Waals surface area contributed by atoms with Crippen LogP contribution in [0.2, 0.25) is 0 Å².